The lowest BCUT2D eigenvalue weighted by atomic mass is 9.58. The minimum Gasteiger partial charge on any atom is -0.186 e. The molecule has 3 aliphatic carbocycles. The third-order valence-corrected chi connectivity index (χ3v) is 5.82. The Balaban J connectivity index is 0.000000329. The van der Waals surface area contributed by atoms with Crippen molar-refractivity contribution in [1.82, 2.24) is 0 Å². The smallest absolute Gasteiger partial charge is 0.186 e. The van der Waals surface area contributed by atoms with Gasteiger partial charge in [-0.3, -0.25) is 0 Å². The van der Waals surface area contributed by atoms with E-state index in [1.807, 2.05) is 0 Å². The molecule has 3 aliphatic rings. The third-order valence-electron chi connectivity index (χ3n) is 5.82. The number of hydrogen-bond acceptors (Lipinski definition) is 2. The van der Waals surface area contributed by atoms with Gasteiger partial charge in [-0.1, -0.05) is 32.4 Å². The fourth-order valence-corrected chi connectivity index (χ4v) is 4.71. The van der Waals surface area contributed by atoms with Crippen molar-refractivity contribution in [2.24, 2.45) is 22.7 Å². The van der Waals surface area contributed by atoms with Crippen LogP contribution in [-0.2, 0) is 9.59 Å². The first-order valence-electron chi connectivity index (χ1n) is 6.66. The molecule has 3 rings (SSSR count). The second-order valence-electron chi connectivity index (χ2n) is 6.58. The fourth-order valence-electron chi connectivity index (χ4n) is 4.71. The van der Waals surface area contributed by atoms with Gasteiger partial charge in [0.2, 0.25) is 0 Å². The number of fused-ring (bicyclic) bond motifs is 1. The molecule has 2 heteroatoms. The molecule has 17 heavy (non-hydrogen) atoms. The zero-order valence-electron chi connectivity index (χ0n) is 10.9. The zero-order chi connectivity index (χ0) is 12.7. The Bertz CT molecular complexity index is 363. The summed E-state index contributed by atoms with van der Waals surface area (Å²) in [4.78, 5) is 16.2. The Morgan fingerprint density at radius 1 is 1.24 bits per heavy atom. The molecule has 1 spiro atoms. The molecule has 0 aliphatic heterocycles. The summed E-state index contributed by atoms with van der Waals surface area (Å²) in [6.07, 6.45) is 9.15. The summed E-state index contributed by atoms with van der Waals surface area (Å²) >= 11 is 0. The maximum Gasteiger partial charge on any atom is 0.373 e. The van der Waals surface area contributed by atoms with E-state index in [-0.39, 0.29) is 6.15 Å². The molecular formula is C15H22O2. The number of allylic oxidation sites excluding steroid dienone is 1. The van der Waals surface area contributed by atoms with Crippen LogP contribution in [0, 0.1) is 22.7 Å². The fraction of sp³-hybridized carbons (Fsp3) is 0.800. The predicted octanol–water partition coefficient (Wildman–Crippen LogP) is 3.59. The summed E-state index contributed by atoms with van der Waals surface area (Å²) in [5.74, 6) is 1.83. The van der Waals surface area contributed by atoms with E-state index in [2.05, 4.69) is 20.4 Å². The molecule has 94 valence electrons. The lowest BCUT2D eigenvalue weighted by Gasteiger charge is -2.47. The minimum atomic E-state index is 0.250. The molecule has 0 radical (unpaired) electrons. The Hall–Kier alpha value is -0.880. The number of rotatable bonds is 0. The molecule has 2 bridgehead atoms. The SMILES string of the molecule is C=C1[C@H]2CCC[C@@]23CC[C@H](C3)C1(C)C.O=C=O. The van der Waals surface area contributed by atoms with E-state index in [0.717, 1.165) is 17.3 Å². The Kier molecular flexibility index (Phi) is 3.03. The van der Waals surface area contributed by atoms with Gasteiger partial charge >= 0.3 is 6.15 Å². The Labute approximate surface area is 103 Å². The van der Waals surface area contributed by atoms with Gasteiger partial charge in [0.15, 0.2) is 0 Å². The van der Waals surface area contributed by atoms with E-state index in [1.165, 1.54) is 38.5 Å². The van der Waals surface area contributed by atoms with E-state index >= 15 is 0 Å². The van der Waals surface area contributed by atoms with Crippen molar-refractivity contribution in [2.45, 2.75) is 52.4 Å². The number of hydrogen-bond donors (Lipinski definition) is 0. The monoisotopic (exact) mass is 234 g/mol. The van der Waals surface area contributed by atoms with Crippen molar-refractivity contribution >= 4 is 6.15 Å². The van der Waals surface area contributed by atoms with Gasteiger partial charge in [0.25, 0.3) is 0 Å². The van der Waals surface area contributed by atoms with Crippen molar-refractivity contribution in [3.8, 4) is 0 Å². The average molecular weight is 234 g/mol. The highest BCUT2D eigenvalue weighted by molar-refractivity contribution is 5.25. The van der Waals surface area contributed by atoms with Gasteiger partial charge in [-0.25, -0.2) is 0 Å². The van der Waals surface area contributed by atoms with Crippen LogP contribution in [0.3, 0.4) is 0 Å². The molecule has 0 saturated heterocycles. The van der Waals surface area contributed by atoms with Crippen molar-refractivity contribution in [3.63, 3.8) is 0 Å². The van der Waals surface area contributed by atoms with Crippen LogP contribution in [0.4, 0.5) is 0 Å². The lowest BCUT2D eigenvalue weighted by molar-refractivity contribution is -0.191. The third kappa shape index (κ3) is 1.70. The Morgan fingerprint density at radius 3 is 2.53 bits per heavy atom. The van der Waals surface area contributed by atoms with Crippen LogP contribution in [0.1, 0.15) is 52.4 Å². The molecule has 0 heterocycles. The van der Waals surface area contributed by atoms with E-state index in [4.69, 9.17) is 9.59 Å². The first-order chi connectivity index (χ1) is 7.98. The minimum absolute atomic E-state index is 0.250. The van der Waals surface area contributed by atoms with Gasteiger partial charge < -0.3 is 0 Å². The molecule has 0 unspecified atom stereocenters. The second-order valence-corrected chi connectivity index (χ2v) is 6.58. The molecule has 3 saturated carbocycles. The molecule has 0 amide bonds. The molecule has 3 fully saturated rings. The van der Waals surface area contributed by atoms with Gasteiger partial charge in [0.1, 0.15) is 0 Å². The first-order valence-corrected chi connectivity index (χ1v) is 6.66. The van der Waals surface area contributed by atoms with Crippen LogP contribution in [0.5, 0.6) is 0 Å². The molecule has 3 atom stereocenters. The van der Waals surface area contributed by atoms with E-state index < -0.39 is 0 Å². The largest absolute Gasteiger partial charge is 0.373 e. The van der Waals surface area contributed by atoms with Crippen LogP contribution in [0.25, 0.3) is 0 Å². The molecular weight excluding hydrogens is 212 g/mol. The van der Waals surface area contributed by atoms with Gasteiger partial charge in [-0.05, 0) is 54.8 Å². The molecule has 0 aromatic rings. The standard InChI is InChI=1S/C14H22.CO2/c1-10-12-5-4-7-14(12)8-6-11(9-14)13(10,2)3;2-1-3/h11-12H,1,4-9H2,2-3H3;/t11-,12-,14+;/m1./s1. The molecule has 0 aromatic heterocycles. The van der Waals surface area contributed by atoms with Crippen molar-refractivity contribution < 1.29 is 9.59 Å². The topological polar surface area (TPSA) is 34.1 Å². The summed E-state index contributed by atoms with van der Waals surface area (Å²) in [5, 5.41) is 0. The predicted molar refractivity (Wildman–Crippen MR) is 65.0 cm³/mol. The lowest BCUT2D eigenvalue weighted by Crippen LogP contribution is -2.38. The summed E-state index contributed by atoms with van der Waals surface area (Å²) in [5.41, 5.74) is 2.77. The van der Waals surface area contributed by atoms with Crippen molar-refractivity contribution in [3.05, 3.63) is 12.2 Å². The number of carbonyl (C=O) groups excluding carboxylic acids is 2. The average Bonchev–Trinajstić information content (AvgIpc) is 2.85. The van der Waals surface area contributed by atoms with E-state index in [1.54, 1.807) is 5.57 Å². The molecule has 0 N–H and O–H groups in total. The van der Waals surface area contributed by atoms with Crippen LogP contribution in [0.2, 0.25) is 0 Å². The first kappa shape index (κ1) is 12.6. The van der Waals surface area contributed by atoms with Gasteiger partial charge in [-0.15, -0.1) is 0 Å². The highest BCUT2D eigenvalue weighted by Gasteiger charge is 2.57. The summed E-state index contributed by atoms with van der Waals surface area (Å²) < 4.78 is 0. The molecule has 0 aromatic carbocycles. The van der Waals surface area contributed by atoms with Crippen molar-refractivity contribution in [1.29, 1.82) is 0 Å². The Morgan fingerprint density at radius 2 is 1.88 bits per heavy atom. The zero-order valence-corrected chi connectivity index (χ0v) is 10.9. The summed E-state index contributed by atoms with van der Waals surface area (Å²) in [6, 6.07) is 0. The van der Waals surface area contributed by atoms with Crippen LogP contribution >= 0.6 is 0 Å². The second kappa shape index (κ2) is 4.10. The van der Waals surface area contributed by atoms with Gasteiger partial charge in [-0.2, -0.15) is 9.59 Å². The van der Waals surface area contributed by atoms with Gasteiger partial charge in [0.05, 0.1) is 0 Å². The highest BCUT2D eigenvalue weighted by Crippen LogP contribution is 2.68. The molecule has 2 nitrogen and oxygen atoms in total. The van der Waals surface area contributed by atoms with E-state index in [9.17, 15) is 0 Å². The highest BCUT2D eigenvalue weighted by atomic mass is 16.2. The maximum absolute atomic E-state index is 8.12. The van der Waals surface area contributed by atoms with Crippen LogP contribution in [-0.4, -0.2) is 6.15 Å². The van der Waals surface area contributed by atoms with Gasteiger partial charge in [0, 0.05) is 0 Å². The summed E-state index contributed by atoms with van der Waals surface area (Å²) in [7, 11) is 0. The summed E-state index contributed by atoms with van der Waals surface area (Å²) in [6.45, 7) is 9.32. The quantitative estimate of drug-likeness (QED) is 0.600. The van der Waals surface area contributed by atoms with E-state index in [0.29, 0.717) is 5.41 Å². The maximum atomic E-state index is 8.12. The van der Waals surface area contributed by atoms with Crippen LogP contribution in [0.15, 0.2) is 12.2 Å². The normalized spacial score (nSPS) is 41.2. The van der Waals surface area contributed by atoms with Crippen LogP contribution < -0.4 is 0 Å². The van der Waals surface area contributed by atoms with Crippen molar-refractivity contribution in [2.75, 3.05) is 0 Å².